The van der Waals surface area contributed by atoms with Gasteiger partial charge in [-0.15, -0.1) is 5.10 Å². The Hall–Kier alpha value is -3.61. The van der Waals surface area contributed by atoms with E-state index < -0.39 is 0 Å². The Kier molecular flexibility index (Phi) is 3.68. The maximum atomic E-state index is 13.2. The van der Waals surface area contributed by atoms with Crippen molar-refractivity contribution >= 4 is 16.7 Å². The number of aromatic nitrogens is 6. The first-order chi connectivity index (χ1) is 13.6. The molecule has 0 unspecified atom stereocenters. The van der Waals surface area contributed by atoms with E-state index in [0.717, 1.165) is 39.1 Å². The summed E-state index contributed by atoms with van der Waals surface area (Å²) in [4.78, 5) is 13.6. The molecule has 0 aliphatic heterocycles. The SMILES string of the molecule is Cc1c(C)n(Cc2cccnc2)c2ncn3nc(-c4ccc(F)cc4)nc3c12. The highest BCUT2D eigenvalue weighted by Crippen LogP contribution is 2.28. The van der Waals surface area contributed by atoms with E-state index in [9.17, 15) is 4.39 Å². The lowest BCUT2D eigenvalue weighted by atomic mass is 10.2. The van der Waals surface area contributed by atoms with E-state index in [1.165, 1.54) is 12.1 Å². The molecule has 0 radical (unpaired) electrons. The topological polar surface area (TPSA) is 60.9 Å². The molecule has 5 rings (SSSR count). The van der Waals surface area contributed by atoms with Gasteiger partial charge in [0, 0.05) is 23.7 Å². The van der Waals surface area contributed by atoms with Gasteiger partial charge in [-0.25, -0.2) is 18.9 Å². The first kappa shape index (κ1) is 16.6. The smallest absolute Gasteiger partial charge is 0.182 e. The van der Waals surface area contributed by atoms with Crippen LogP contribution >= 0.6 is 0 Å². The molecule has 0 fully saturated rings. The lowest BCUT2D eigenvalue weighted by Crippen LogP contribution is -2.03. The summed E-state index contributed by atoms with van der Waals surface area (Å²) in [6.45, 7) is 4.85. The molecule has 1 aromatic carbocycles. The second-order valence-corrected chi connectivity index (χ2v) is 6.81. The number of halogens is 1. The van der Waals surface area contributed by atoms with Crippen molar-refractivity contribution in [3.05, 3.63) is 77.8 Å². The standard InChI is InChI=1S/C21H17FN6/c1-13-14(2)27(11-15-4-3-9-23-10-15)20-18(13)21-25-19(26-28(21)12-24-20)16-5-7-17(22)8-6-16/h3-10,12H,11H2,1-2H3. The fourth-order valence-corrected chi connectivity index (χ4v) is 3.52. The fourth-order valence-electron chi connectivity index (χ4n) is 3.52. The summed E-state index contributed by atoms with van der Waals surface area (Å²) in [5.74, 6) is 0.266. The monoisotopic (exact) mass is 372 g/mol. The van der Waals surface area contributed by atoms with Gasteiger partial charge in [0.2, 0.25) is 0 Å². The number of benzene rings is 1. The van der Waals surface area contributed by atoms with E-state index >= 15 is 0 Å². The Morgan fingerprint density at radius 3 is 2.61 bits per heavy atom. The van der Waals surface area contributed by atoms with Crippen LogP contribution < -0.4 is 0 Å². The molecule has 138 valence electrons. The summed E-state index contributed by atoms with van der Waals surface area (Å²) in [6, 6.07) is 10.2. The van der Waals surface area contributed by atoms with Gasteiger partial charge in [-0.05, 0) is 55.3 Å². The molecule has 0 N–H and O–H groups in total. The molecule has 0 bridgehead atoms. The van der Waals surface area contributed by atoms with Crippen molar-refractivity contribution in [2.75, 3.05) is 0 Å². The summed E-state index contributed by atoms with van der Waals surface area (Å²) in [5, 5.41) is 5.50. The number of rotatable bonds is 3. The normalized spacial score (nSPS) is 11.5. The average molecular weight is 372 g/mol. The van der Waals surface area contributed by atoms with Crippen LogP contribution in [0.1, 0.15) is 16.8 Å². The molecule has 7 heteroatoms. The van der Waals surface area contributed by atoms with Gasteiger partial charge in [0.05, 0.1) is 11.9 Å². The Balaban J connectivity index is 1.70. The molecule has 0 saturated carbocycles. The quantitative estimate of drug-likeness (QED) is 0.481. The molecular formula is C21H17FN6. The largest absolute Gasteiger partial charge is 0.325 e. The highest BCUT2D eigenvalue weighted by atomic mass is 19.1. The van der Waals surface area contributed by atoms with Crippen molar-refractivity contribution in [1.29, 1.82) is 0 Å². The third-order valence-electron chi connectivity index (χ3n) is 5.11. The van der Waals surface area contributed by atoms with Crippen LogP contribution in [0.15, 0.2) is 55.1 Å². The highest BCUT2D eigenvalue weighted by molar-refractivity contribution is 5.94. The van der Waals surface area contributed by atoms with Crippen LogP contribution in [-0.4, -0.2) is 29.1 Å². The summed E-state index contributed by atoms with van der Waals surface area (Å²) in [6.07, 6.45) is 5.31. The van der Waals surface area contributed by atoms with Gasteiger partial charge in [0.1, 0.15) is 17.8 Å². The molecule has 0 amide bonds. The summed E-state index contributed by atoms with van der Waals surface area (Å²) in [5.41, 5.74) is 5.74. The Bertz CT molecular complexity index is 1300. The average Bonchev–Trinajstić information content (AvgIpc) is 3.24. The Morgan fingerprint density at radius 2 is 1.86 bits per heavy atom. The predicted octanol–water partition coefficient (Wildman–Crippen LogP) is 3.95. The number of pyridine rings is 1. The van der Waals surface area contributed by atoms with Crippen LogP contribution in [0.25, 0.3) is 28.1 Å². The lowest BCUT2D eigenvalue weighted by Gasteiger charge is -2.07. The van der Waals surface area contributed by atoms with E-state index in [0.29, 0.717) is 12.4 Å². The van der Waals surface area contributed by atoms with Crippen LogP contribution in [0.3, 0.4) is 0 Å². The first-order valence-corrected chi connectivity index (χ1v) is 8.97. The van der Waals surface area contributed by atoms with Crippen LogP contribution in [0.2, 0.25) is 0 Å². The van der Waals surface area contributed by atoms with Crippen LogP contribution in [0.5, 0.6) is 0 Å². The molecular weight excluding hydrogens is 355 g/mol. The molecule has 4 heterocycles. The first-order valence-electron chi connectivity index (χ1n) is 8.97. The van der Waals surface area contributed by atoms with Gasteiger partial charge in [-0.3, -0.25) is 4.98 Å². The molecule has 0 saturated heterocycles. The molecule has 5 aromatic rings. The van der Waals surface area contributed by atoms with Gasteiger partial charge in [0.25, 0.3) is 0 Å². The molecule has 28 heavy (non-hydrogen) atoms. The zero-order valence-corrected chi connectivity index (χ0v) is 15.5. The van der Waals surface area contributed by atoms with Crippen LogP contribution in [0, 0.1) is 19.7 Å². The van der Waals surface area contributed by atoms with Crippen molar-refractivity contribution in [2.24, 2.45) is 0 Å². The van der Waals surface area contributed by atoms with Gasteiger partial charge in [0.15, 0.2) is 11.5 Å². The molecule has 4 aromatic heterocycles. The minimum absolute atomic E-state index is 0.282. The molecule has 0 atom stereocenters. The maximum Gasteiger partial charge on any atom is 0.182 e. The number of fused-ring (bicyclic) bond motifs is 3. The molecule has 0 spiro atoms. The minimum atomic E-state index is -0.282. The van der Waals surface area contributed by atoms with Crippen molar-refractivity contribution in [2.45, 2.75) is 20.4 Å². The third-order valence-corrected chi connectivity index (χ3v) is 5.11. The molecule has 6 nitrogen and oxygen atoms in total. The summed E-state index contributed by atoms with van der Waals surface area (Å²) >= 11 is 0. The van der Waals surface area contributed by atoms with E-state index in [4.69, 9.17) is 4.98 Å². The second kappa shape index (κ2) is 6.23. The number of hydrogen-bond acceptors (Lipinski definition) is 4. The van der Waals surface area contributed by atoms with Crippen LogP contribution in [0.4, 0.5) is 4.39 Å². The number of nitrogens with zero attached hydrogens (tertiary/aromatic N) is 6. The zero-order chi connectivity index (χ0) is 19.3. The molecule has 0 aliphatic rings. The second-order valence-electron chi connectivity index (χ2n) is 6.81. The predicted molar refractivity (Wildman–Crippen MR) is 104 cm³/mol. The van der Waals surface area contributed by atoms with E-state index in [1.807, 2.05) is 12.3 Å². The summed E-state index contributed by atoms with van der Waals surface area (Å²) < 4.78 is 17.1. The minimum Gasteiger partial charge on any atom is -0.325 e. The van der Waals surface area contributed by atoms with Gasteiger partial charge >= 0.3 is 0 Å². The Labute approximate surface area is 160 Å². The number of hydrogen-bond donors (Lipinski definition) is 0. The lowest BCUT2D eigenvalue weighted by molar-refractivity contribution is 0.628. The van der Waals surface area contributed by atoms with Crippen molar-refractivity contribution in [3.8, 4) is 11.4 Å². The summed E-state index contributed by atoms with van der Waals surface area (Å²) in [7, 11) is 0. The maximum absolute atomic E-state index is 13.2. The highest BCUT2D eigenvalue weighted by Gasteiger charge is 2.18. The van der Waals surface area contributed by atoms with Crippen molar-refractivity contribution in [3.63, 3.8) is 0 Å². The third kappa shape index (κ3) is 2.55. The van der Waals surface area contributed by atoms with E-state index in [2.05, 4.69) is 39.5 Å². The van der Waals surface area contributed by atoms with E-state index in [-0.39, 0.29) is 5.82 Å². The zero-order valence-electron chi connectivity index (χ0n) is 15.5. The van der Waals surface area contributed by atoms with Crippen molar-refractivity contribution < 1.29 is 4.39 Å². The number of aryl methyl sites for hydroxylation is 1. The van der Waals surface area contributed by atoms with E-state index in [1.54, 1.807) is 29.2 Å². The fraction of sp³-hybridized carbons (Fsp3) is 0.143. The van der Waals surface area contributed by atoms with Gasteiger partial charge < -0.3 is 4.57 Å². The van der Waals surface area contributed by atoms with Crippen LogP contribution in [-0.2, 0) is 6.54 Å². The van der Waals surface area contributed by atoms with Crippen molar-refractivity contribution in [1.82, 2.24) is 29.1 Å². The van der Waals surface area contributed by atoms with Gasteiger partial charge in [-0.2, -0.15) is 0 Å². The Morgan fingerprint density at radius 1 is 1.04 bits per heavy atom. The van der Waals surface area contributed by atoms with Gasteiger partial charge in [-0.1, -0.05) is 6.07 Å². The molecule has 0 aliphatic carbocycles.